The molecule has 1 atom stereocenters. The molecule has 0 aromatic carbocycles. The normalized spacial score (nSPS) is 15.4. The van der Waals surface area contributed by atoms with Crippen LogP contribution in [0, 0.1) is 6.92 Å². The van der Waals surface area contributed by atoms with Crippen LogP contribution in [0.5, 0.6) is 5.75 Å². The highest BCUT2D eigenvalue weighted by Gasteiger charge is 2.32. The van der Waals surface area contributed by atoms with E-state index >= 15 is 0 Å². The summed E-state index contributed by atoms with van der Waals surface area (Å²) >= 11 is 0. The zero-order chi connectivity index (χ0) is 23.5. The van der Waals surface area contributed by atoms with E-state index in [4.69, 9.17) is 4.42 Å². The minimum atomic E-state index is -0.469. The fourth-order valence-electron chi connectivity index (χ4n) is 4.59. The zero-order valence-electron chi connectivity index (χ0n) is 19.0. The Bertz CT molecular complexity index is 1280. The summed E-state index contributed by atoms with van der Waals surface area (Å²) in [6, 6.07) is 16.4. The summed E-state index contributed by atoms with van der Waals surface area (Å²) in [4.78, 5) is 27.3. The first-order valence-electron chi connectivity index (χ1n) is 11.4. The summed E-state index contributed by atoms with van der Waals surface area (Å²) in [6.45, 7) is 5.02. The molecule has 0 amide bonds. The van der Waals surface area contributed by atoms with E-state index in [2.05, 4.69) is 19.8 Å². The van der Waals surface area contributed by atoms with Gasteiger partial charge < -0.3 is 19.0 Å². The van der Waals surface area contributed by atoms with E-state index in [1.165, 1.54) is 0 Å². The third-order valence-corrected chi connectivity index (χ3v) is 6.31. The second-order valence-corrected chi connectivity index (χ2v) is 8.42. The number of piperazine rings is 1. The van der Waals surface area contributed by atoms with Gasteiger partial charge >= 0.3 is 0 Å². The Hall–Kier alpha value is -3.91. The van der Waals surface area contributed by atoms with E-state index in [-0.39, 0.29) is 11.3 Å². The van der Waals surface area contributed by atoms with Gasteiger partial charge in [0, 0.05) is 44.3 Å². The Morgan fingerprint density at radius 3 is 2.41 bits per heavy atom. The van der Waals surface area contributed by atoms with Crippen LogP contribution < -0.4 is 10.5 Å². The van der Waals surface area contributed by atoms with Gasteiger partial charge in [0.1, 0.15) is 17.3 Å². The SMILES string of the molecule is Cc1cc(O)c(C(c2ccccn2)N2CCN(c3ccccn3)CC2)c(=O)n1Cc1ccco1. The van der Waals surface area contributed by atoms with Crippen LogP contribution >= 0.6 is 0 Å². The van der Waals surface area contributed by atoms with Crippen molar-refractivity contribution in [2.24, 2.45) is 0 Å². The van der Waals surface area contributed by atoms with Gasteiger partial charge in [-0.1, -0.05) is 12.1 Å². The molecule has 1 fully saturated rings. The number of nitrogens with zero attached hydrogens (tertiary/aromatic N) is 5. The van der Waals surface area contributed by atoms with E-state index in [1.807, 2.05) is 49.4 Å². The molecule has 34 heavy (non-hydrogen) atoms. The van der Waals surface area contributed by atoms with E-state index in [9.17, 15) is 9.90 Å². The van der Waals surface area contributed by atoms with E-state index in [1.54, 1.807) is 35.4 Å². The predicted molar refractivity (Wildman–Crippen MR) is 129 cm³/mol. The van der Waals surface area contributed by atoms with E-state index in [0.717, 1.165) is 24.6 Å². The van der Waals surface area contributed by atoms with E-state index < -0.39 is 6.04 Å². The van der Waals surface area contributed by atoms with Crippen molar-refractivity contribution in [1.82, 2.24) is 19.4 Å². The molecule has 5 heterocycles. The highest BCUT2D eigenvalue weighted by molar-refractivity contribution is 5.41. The second kappa shape index (κ2) is 9.52. The lowest BCUT2D eigenvalue weighted by molar-refractivity contribution is 0.204. The minimum absolute atomic E-state index is 0.0130. The van der Waals surface area contributed by atoms with Gasteiger partial charge in [-0.2, -0.15) is 0 Å². The van der Waals surface area contributed by atoms with Crippen LogP contribution in [-0.4, -0.2) is 50.7 Å². The predicted octanol–water partition coefficient (Wildman–Crippen LogP) is 3.21. The first kappa shape index (κ1) is 21.9. The van der Waals surface area contributed by atoms with Crippen molar-refractivity contribution in [3.05, 3.63) is 106 Å². The molecule has 0 bridgehead atoms. The fourth-order valence-corrected chi connectivity index (χ4v) is 4.59. The van der Waals surface area contributed by atoms with Crippen LogP contribution in [0.15, 0.2) is 82.5 Å². The maximum atomic E-state index is 13.8. The lowest BCUT2D eigenvalue weighted by Gasteiger charge is -2.39. The molecule has 8 nitrogen and oxygen atoms in total. The molecule has 4 aromatic heterocycles. The summed E-state index contributed by atoms with van der Waals surface area (Å²) in [5, 5.41) is 11.0. The first-order valence-corrected chi connectivity index (χ1v) is 11.4. The number of rotatable bonds is 6. The molecule has 1 unspecified atom stereocenters. The topological polar surface area (TPSA) is 87.6 Å². The molecule has 0 spiro atoms. The molecule has 0 aliphatic carbocycles. The monoisotopic (exact) mass is 457 g/mol. The number of aromatic hydroxyl groups is 1. The van der Waals surface area contributed by atoms with Gasteiger partial charge in [0.2, 0.25) is 0 Å². The largest absolute Gasteiger partial charge is 0.507 e. The van der Waals surface area contributed by atoms with Crippen molar-refractivity contribution in [3.63, 3.8) is 0 Å². The van der Waals surface area contributed by atoms with Gasteiger partial charge in [0.05, 0.1) is 30.1 Å². The third kappa shape index (κ3) is 4.32. The van der Waals surface area contributed by atoms with Crippen molar-refractivity contribution in [2.45, 2.75) is 19.5 Å². The Morgan fingerprint density at radius 1 is 1.00 bits per heavy atom. The number of furan rings is 1. The number of hydrogen-bond donors (Lipinski definition) is 1. The van der Waals surface area contributed by atoms with E-state index in [0.29, 0.717) is 36.7 Å². The molecular formula is C26H27N5O3. The minimum Gasteiger partial charge on any atom is -0.507 e. The van der Waals surface area contributed by atoms with Crippen LogP contribution in [-0.2, 0) is 6.54 Å². The highest BCUT2D eigenvalue weighted by Crippen LogP contribution is 2.32. The van der Waals surface area contributed by atoms with Gasteiger partial charge in [0.15, 0.2) is 0 Å². The Kier molecular flexibility index (Phi) is 6.14. The Balaban J connectivity index is 1.52. The van der Waals surface area contributed by atoms with Crippen LogP contribution in [0.2, 0.25) is 0 Å². The van der Waals surface area contributed by atoms with Gasteiger partial charge in [-0.3, -0.25) is 14.7 Å². The number of anilines is 1. The third-order valence-electron chi connectivity index (χ3n) is 6.31. The molecule has 1 aliphatic rings. The van der Waals surface area contributed by atoms with Crippen LogP contribution in [0.25, 0.3) is 0 Å². The summed E-state index contributed by atoms with van der Waals surface area (Å²) < 4.78 is 7.12. The smallest absolute Gasteiger partial charge is 0.260 e. The maximum absolute atomic E-state index is 13.8. The lowest BCUT2D eigenvalue weighted by atomic mass is 9.99. The number of hydrogen-bond acceptors (Lipinski definition) is 7. The molecule has 0 radical (unpaired) electrons. The highest BCUT2D eigenvalue weighted by atomic mass is 16.3. The van der Waals surface area contributed by atoms with Crippen molar-refractivity contribution >= 4 is 5.82 Å². The summed E-state index contributed by atoms with van der Waals surface area (Å²) in [5.41, 5.74) is 1.50. The maximum Gasteiger partial charge on any atom is 0.260 e. The molecule has 5 rings (SSSR count). The molecular weight excluding hydrogens is 430 g/mol. The quantitative estimate of drug-likeness (QED) is 0.476. The van der Waals surface area contributed by atoms with Crippen LogP contribution in [0.3, 0.4) is 0 Å². The fraction of sp³-hybridized carbons (Fsp3) is 0.269. The Labute approximate surface area is 197 Å². The summed E-state index contributed by atoms with van der Waals surface area (Å²) in [6.07, 6.45) is 5.11. The van der Waals surface area contributed by atoms with Gasteiger partial charge in [-0.25, -0.2) is 4.98 Å². The van der Waals surface area contributed by atoms with Crippen LogP contribution in [0.4, 0.5) is 5.82 Å². The van der Waals surface area contributed by atoms with Gasteiger partial charge in [-0.05, 0) is 49.4 Å². The van der Waals surface area contributed by atoms with Crippen molar-refractivity contribution in [2.75, 3.05) is 31.1 Å². The molecule has 1 aliphatic heterocycles. The average Bonchev–Trinajstić information content (AvgIpc) is 3.39. The summed E-state index contributed by atoms with van der Waals surface area (Å²) in [7, 11) is 0. The zero-order valence-corrected chi connectivity index (χ0v) is 19.0. The molecule has 8 heteroatoms. The Morgan fingerprint density at radius 2 is 1.76 bits per heavy atom. The number of pyridine rings is 3. The molecule has 4 aromatic rings. The first-order chi connectivity index (χ1) is 16.6. The van der Waals surface area contributed by atoms with Crippen LogP contribution in [0.1, 0.15) is 28.8 Å². The molecule has 0 saturated carbocycles. The van der Waals surface area contributed by atoms with Gasteiger partial charge in [0.25, 0.3) is 5.56 Å². The average molecular weight is 458 g/mol. The lowest BCUT2D eigenvalue weighted by Crippen LogP contribution is -2.49. The van der Waals surface area contributed by atoms with Crippen molar-refractivity contribution < 1.29 is 9.52 Å². The van der Waals surface area contributed by atoms with Crippen molar-refractivity contribution in [3.8, 4) is 5.75 Å². The molecule has 1 saturated heterocycles. The molecule has 174 valence electrons. The molecule has 1 N–H and O–H groups in total. The van der Waals surface area contributed by atoms with Gasteiger partial charge in [-0.15, -0.1) is 0 Å². The number of aromatic nitrogens is 3. The number of aryl methyl sites for hydroxylation is 1. The standard InChI is InChI=1S/C26H27N5O3/c1-19-17-22(32)24(26(33)31(19)18-20-7-6-16-34-20)25(21-8-2-4-10-27-21)30-14-12-29(13-15-30)23-9-3-5-11-28-23/h2-11,16-17,25,32H,12-15,18H2,1H3. The van der Waals surface area contributed by atoms with Crippen molar-refractivity contribution in [1.29, 1.82) is 0 Å². The summed E-state index contributed by atoms with van der Waals surface area (Å²) in [5.74, 6) is 1.61. The second-order valence-electron chi connectivity index (χ2n) is 8.42.